The van der Waals surface area contributed by atoms with Crippen LogP contribution in [-0.2, 0) is 32.1 Å². The third-order valence-electron chi connectivity index (χ3n) is 5.08. The van der Waals surface area contributed by atoms with Gasteiger partial charge in [0.2, 0.25) is 0 Å². The van der Waals surface area contributed by atoms with Gasteiger partial charge in [-0.2, -0.15) is 0 Å². The second-order valence-corrected chi connectivity index (χ2v) is 7.46. The summed E-state index contributed by atoms with van der Waals surface area (Å²) >= 11 is 0. The van der Waals surface area contributed by atoms with E-state index >= 15 is 0 Å². The van der Waals surface area contributed by atoms with Crippen LogP contribution >= 0.6 is 0 Å². The molecule has 6 N–H and O–H groups in total. The Morgan fingerprint density at radius 2 is 1.59 bits per heavy atom. The van der Waals surface area contributed by atoms with Crippen molar-refractivity contribution in [3.05, 3.63) is 65.7 Å². The van der Waals surface area contributed by atoms with Crippen molar-refractivity contribution in [1.29, 1.82) is 0 Å². The number of aliphatic carboxylic acids is 1. The molecule has 10 heteroatoms. The van der Waals surface area contributed by atoms with Crippen LogP contribution in [-0.4, -0.2) is 74.2 Å². The Bertz CT molecular complexity index is 905. The van der Waals surface area contributed by atoms with E-state index in [9.17, 15) is 35.1 Å². The van der Waals surface area contributed by atoms with E-state index in [2.05, 4.69) is 5.32 Å². The third-order valence-corrected chi connectivity index (χ3v) is 5.08. The Kier molecular flexibility index (Phi) is 7.78. The molecule has 32 heavy (non-hydrogen) atoms. The number of carboxylic acids is 1. The van der Waals surface area contributed by atoms with E-state index in [-0.39, 0.29) is 18.8 Å². The number of hydrogen-bond acceptors (Lipinski definition) is 8. The predicted octanol–water partition coefficient (Wildman–Crippen LogP) is -0.472. The molecule has 1 aliphatic rings. The maximum Gasteiger partial charge on any atom is 0.326 e. The number of phenolic OH excluding ortho intramolecular Hbond substituents is 1. The van der Waals surface area contributed by atoms with Gasteiger partial charge in [0.15, 0.2) is 12.4 Å². The van der Waals surface area contributed by atoms with Crippen molar-refractivity contribution in [2.24, 2.45) is 0 Å². The summed E-state index contributed by atoms with van der Waals surface area (Å²) in [4.78, 5) is 24.3. The monoisotopic (exact) mass is 447 g/mol. The minimum atomic E-state index is -1.80. The molecule has 0 unspecified atom stereocenters. The molecular formula is C22H25NO9. The summed E-state index contributed by atoms with van der Waals surface area (Å²) in [5.41, 5.74) is 1.30. The summed E-state index contributed by atoms with van der Waals surface area (Å²) in [7, 11) is 0. The summed E-state index contributed by atoms with van der Waals surface area (Å²) in [6, 6.07) is 13.3. The Balaban J connectivity index is 1.67. The number of ether oxygens (including phenoxy) is 2. The molecule has 2 aromatic rings. The molecule has 1 fully saturated rings. The van der Waals surface area contributed by atoms with Gasteiger partial charge in [-0.25, -0.2) is 4.79 Å². The molecule has 1 aliphatic heterocycles. The zero-order chi connectivity index (χ0) is 23.3. The number of amides is 1. The van der Waals surface area contributed by atoms with Crippen LogP contribution in [0.15, 0.2) is 54.6 Å². The second-order valence-electron chi connectivity index (χ2n) is 7.46. The Labute approximate surface area is 183 Å². The van der Waals surface area contributed by atoms with Crippen molar-refractivity contribution in [1.82, 2.24) is 5.32 Å². The average Bonchev–Trinajstić information content (AvgIpc) is 2.78. The summed E-state index contributed by atoms with van der Waals surface area (Å²) in [6.45, 7) is 0.0122. The molecule has 0 aromatic heterocycles. The van der Waals surface area contributed by atoms with Gasteiger partial charge in [-0.15, -0.1) is 0 Å². The number of hydrogen-bond donors (Lipinski definition) is 6. The van der Waals surface area contributed by atoms with E-state index in [0.29, 0.717) is 5.56 Å². The zero-order valence-electron chi connectivity index (χ0n) is 16.9. The summed E-state index contributed by atoms with van der Waals surface area (Å²) in [6.07, 6.45) is -8.36. The average molecular weight is 447 g/mol. The molecule has 1 heterocycles. The fraction of sp³-hybridized carbons (Fsp3) is 0.364. The third kappa shape index (κ3) is 5.81. The van der Waals surface area contributed by atoms with Gasteiger partial charge >= 0.3 is 5.97 Å². The fourth-order valence-corrected chi connectivity index (χ4v) is 3.28. The van der Waals surface area contributed by atoms with Gasteiger partial charge < -0.3 is 40.3 Å². The highest BCUT2D eigenvalue weighted by Gasteiger charge is 2.47. The number of aliphatic hydroxyl groups is 3. The molecule has 6 atom stereocenters. The van der Waals surface area contributed by atoms with Crippen LogP contribution in [0.2, 0.25) is 0 Å². The quantitative estimate of drug-likeness (QED) is 0.314. The van der Waals surface area contributed by atoms with E-state index in [1.165, 1.54) is 24.3 Å². The minimum absolute atomic E-state index is 0.0116. The number of carbonyl (C=O) groups excluding carboxylic acids is 1. The van der Waals surface area contributed by atoms with Gasteiger partial charge in [0.05, 0.1) is 6.61 Å². The van der Waals surface area contributed by atoms with Crippen LogP contribution in [0.5, 0.6) is 5.75 Å². The van der Waals surface area contributed by atoms with E-state index in [4.69, 9.17) is 9.47 Å². The smallest absolute Gasteiger partial charge is 0.326 e. The number of benzene rings is 2. The molecule has 0 saturated carbocycles. The van der Waals surface area contributed by atoms with E-state index in [1.807, 2.05) is 6.07 Å². The second kappa shape index (κ2) is 10.5. The van der Waals surface area contributed by atoms with Crippen molar-refractivity contribution < 1.29 is 44.6 Å². The molecule has 172 valence electrons. The molecular weight excluding hydrogens is 422 g/mol. The SMILES string of the molecule is O=C(O)[C@H](Cc1ccc(O)cc1)NC(=O)[C@H]1O[C@@H](OCc2ccccc2)[C@H](O)[C@@H](O)[C@H]1O. The zero-order valence-corrected chi connectivity index (χ0v) is 16.9. The highest BCUT2D eigenvalue weighted by molar-refractivity contribution is 5.87. The first-order chi connectivity index (χ1) is 15.3. The van der Waals surface area contributed by atoms with Crippen molar-refractivity contribution in [3.8, 4) is 5.75 Å². The van der Waals surface area contributed by atoms with Gasteiger partial charge in [0.25, 0.3) is 5.91 Å². The molecule has 1 saturated heterocycles. The van der Waals surface area contributed by atoms with Gasteiger partial charge in [0.1, 0.15) is 30.1 Å². The fourth-order valence-electron chi connectivity index (χ4n) is 3.28. The summed E-state index contributed by atoms with van der Waals surface area (Å²) in [5.74, 6) is -2.30. The summed E-state index contributed by atoms with van der Waals surface area (Å²) in [5, 5.41) is 51.6. The molecule has 3 rings (SSSR count). The Hall–Kier alpha value is -3.02. The van der Waals surface area contributed by atoms with Crippen molar-refractivity contribution in [2.45, 2.75) is 49.8 Å². The molecule has 0 radical (unpaired) electrons. The first kappa shape index (κ1) is 23.6. The first-order valence-electron chi connectivity index (χ1n) is 9.92. The molecule has 2 aromatic carbocycles. The number of aliphatic hydroxyl groups excluding tert-OH is 3. The molecule has 0 spiro atoms. The number of phenols is 1. The lowest BCUT2D eigenvalue weighted by Gasteiger charge is -2.39. The maximum absolute atomic E-state index is 12.7. The van der Waals surface area contributed by atoms with E-state index in [0.717, 1.165) is 5.56 Å². The van der Waals surface area contributed by atoms with E-state index in [1.54, 1.807) is 24.3 Å². The standard InChI is InChI=1S/C22H25NO9/c24-14-8-6-12(7-9-14)10-15(21(29)30)23-20(28)19-17(26)16(25)18(27)22(32-19)31-11-13-4-2-1-3-5-13/h1-9,15-19,22,24-27H,10-11H2,(H,23,28)(H,29,30)/t15-,16-,17+,18+,19-,22+/m0/s1. The highest BCUT2D eigenvalue weighted by atomic mass is 16.7. The van der Waals surface area contributed by atoms with Gasteiger partial charge in [-0.1, -0.05) is 42.5 Å². The number of carboxylic acid groups (broad SMARTS) is 1. The lowest BCUT2D eigenvalue weighted by molar-refractivity contribution is -0.293. The Morgan fingerprint density at radius 3 is 2.22 bits per heavy atom. The van der Waals surface area contributed by atoms with Gasteiger partial charge in [0, 0.05) is 6.42 Å². The minimum Gasteiger partial charge on any atom is -0.508 e. The maximum atomic E-state index is 12.7. The molecule has 0 aliphatic carbocycles. The van der Waals surface area contributed by atoms with Gasteiger partial charge in [-0.3, -0.25) is 4.79 Å². The number of rotatable bonds is 8. The molecule has 1 amide bonds. The first-order valence-corrected chi connectivity index (χ1v) is 9.92. The topological polar surface area (TPSA) is 166 Å². The molecule has 10 nitrogen and oxygen atoms in total. The van der Waals surface area contributed by atoms with Crippen molar-refractivity contribution >= 4 is 11.9 Å². The van der Waals surface area contributed by atoms with Crippen LogP contribution < -0.4 is 5.32 Å². The summed E-state index contributed by atoms with van der Waals surface area (Å²) < 4.78 is 10.9. The van der Waals surface area contributed by atoms with Crippen molar-refractivity contribution in [3.63, 3.8) is 0 Å². The van der Waals surface area contributed by atoms with Gasteiger partial charge in [-0.05, 0) is 23.3 Å². The van der Waals surface area contributed by atoms with Crippen LogP contribution in [0.3, 0.4) is 0 Å². The van der Waals surface area contributed by atoms with Crippen LogP contribution in [0.1, 0.15) is 11.1 Å². The lowest BCUT2D eigenvalue weighted by atomic mass is 9.97. The van der Waals surface area contributed by atoms with E-state index < -0.39 is 48.6 Å². The Morgan fingerprint density at radius 1 is 0.938 bits per heavy atom. The normalized spacial score (nSPS) is 26.3. The van der Waals surface area contributed by atoms with Crippen LogP contribution in [0, 0.1) is 0 Å². The number of aromatic hydroxyl groups is 1. The number of carbonyl (C=O) groups is 2. The van der Waals surface area contributed by atoms with Crippen molar-refractivity contribution in [2.75, 3.05) is 0 Å². The highest BCUT2D eigenvalue weighted by Crippen LogP contribution is 2.23. The lowest BCUT2D eigenvalue weighted by Crippen LogP contribution is -2.63. The number of nitrogens with one attached hydrogen (secondary N) is 1. The van der Waals surface area contributed by atoms with Crippen LogP contribution in [0.4, 0.5) is 0 Å². The molecule has 0 bridgehead atoms. The van der Waals surface area contributed by atoms with Crippen LogP contribution in [0.25, 0.3) is 0 Å². The predicted molar refractivity (Wildman–Crippen MR) is 109 cm³/mol. The largest absolute Gasteiger partial charge is 0.508 e.